The number of rotatable bonds is 8. The van der Waals surface area contributed by atoms with Crippen LogP contribution in [0.25, 0.3) is 111 Å². The van der Waals surface area contributed by atoms with Crippen LogP contribution in [-0.4, -0.2) is 15.0 Å². The van der Waals surface area contributed by atoms with Crippen molar-refractivity contribution in [1.82, 2.24) is 15.0 Å². The topological polar surface area (TPSA) is 38.7 Å². The molecule has 3 heteroatoms. The Morgan fingerprint density at radius 1 is 0.194 bits per heavy atom. The number of benzene rings is 10. The zero-order valence-electron chi connectivity index (χ0n) is 33.9. The smallest absolute Gasteiger partial charge is 0.164 e. The first-order chi connectivity index (χ1) is 30.7. The average molecular weight is 790 g/mol. The molecule has 1 heterocycles. The van der Waals surface area contributed by atoms with Gasteiger partial charge < -0.3 is 0 Å². The highest BCUT2D eigenvalue weighted by Gasteiger charge is 2.20. The summed E-state index contributed by atoms with van der Waals surface area (Å²) in [7, 11) is 0. The van der Waals surface area contributed by atoms with Gasteiger partial charge >= 0.3 is 0 Å². The van der Waals surface area contributed by atoms with E-state index in [1.54, 1.807) is 0 Å². The fourth-order valence-electron chi connectivity index (χ4n) is 8.79. The van der Waals surface area contributed by atoms with Gasteiger partial charge in [0, 0.05) is 16.7 Å². The monoisotopic (exact) mass is 789 g/mol. The van der Waals surface area contributed by atoms with Crippen molar-refractivity contribution in [3.63, 3.8) is 0 Å². The maximum atomic E-state index is 5.19. The maximum absolute atomic E-state index is 5.19. The predicted octanol–water partition coefficient (Wildman–Crippen LogP) is 15.5. The molecule has 1 aromatic heterocycles. The van der Waals surface area contributed by atoms with Gasteiger partial charge in [-0.05, 0) is 89.3 Å². The van der Waals surface area contributed by atoms with Crippen molar-refractivity contribution in [1.29, 1.82) is 0 Å². The van der Waals surface area contributed by atoms with E-state index in [2.05, 4.69) is 212 Å². The van der Waals surface area contributed by atoms with Crippen LogP contribution in [0.1, 0.15) is 0 Å². The van der Waals surface area contributed by atoms with Gasteiger partial charge in [0.05, 0.1) is 0 Å². The lowest BCUT2D eigenvalue weighted by Gasteiger charge is -2.20. The Labute approximate surface area is 361 Å². The molecule has 0 fully saturated rings. The van der Waals surface area contributed by atoms with Gasteiger partial charge in [-0.1, -0.05) is 224 Å². The molecule has 0 radical (unpaired) electrons. The molecule has 3 nitrogen and oxygen atoms in total. The first kappa shape index (κ1) is 36.8. The Morgan fingerprint density at radius 2 is 0.532 bits per heavy atom. The highest BCUT2D eigenvalue weighted by Crippen LogP contribution is 2.46. The Balaban J connectivity index is 1.06. The van der Waals surface area contributed by atoms with E-state index in [-0.39, 0.29) is 0 Å². The third-order valence-corrected chi connectivity index (χ3v) is 11.7. The molecule has 10 aromatic carbocycles. The number of hydrogen-bond acceptors (Lipinski definition) is 3. The number of hydrogen-bond donors (Lipinski definition) is 0. The molecule has 0 saturated carbocycles. The van der Waals surface area contributed by atoms with Gasteiger partial charge in [-0.2, -0.15) is 0 Å². The third kappa shape index (κ3) is 6.92. The van der Waals surface area contributed by atoms with Crippen LogP contribution in [0.3, 0.4) is 0 Å². The lowest BCUT2D eigenvalue weighted by molar-refractivity contribution is 1.07. The lowest BCUT2D eigenvalue weighted by Crippen LogP contribution is -2.00. The first-order valence-corrected chi connectivity index (χ1v) is 21.0. The van der Waals surface area contributed by atoms with Crippen LogP contribution in [0.2, 0.25) is 0 Å². The van der Waals surface area contributed by atoms with Gasteiger partial charge in [0.1, 0.15) is 0 Å². The number of nitrogens with zero attached hydrogens (tertiary/aromatic N) is 3. The summed E-state index contributed by atoms with van der Waals surface area (Å²) in [4.78, 5) is 15.4. The highest BCUT2D eigenvalue weighted by atomic mass is 15.0. The molecule has 0 saturated heterocycles. The van der Waals surface area contributed by atoms with Gasteiger partial charge in [-0.25, -0.2) is 15.0 Å². The second-order valence-electron chi connectivity index (χ2n) is 15.5. The lowest BCUT2D eigenvalue weighted by atomic mass is 9.83. The second kappa shape index (κ2) is 16.1. The molecule has 290 valence electrons. The van der Waals surface area contributed by atoms with Crippen molar-refractivity contribution < 1.29 is 0 Å². The normalized spacial score (nSPS) is 11.2. The molecule has 0 unspecified atom stereocenters. The van der Waals surface area contributed by atoms with Crippen LogP contribution in [0.4, 0.5) is 0 Å². The minimum absolute atomic E-state index is 0.623. The first-order valence-electron chi connectivity index (χ1n) is 21.0. The molecule has 11 aromatic rings. The standard InChI is InChI=1S/C59H39N3/c1-4-18-40(19-5-1)42-34-36-43(37-35-42)49-28-10-11-29-50(49)56-53-32-14-12-30-51(53)55(52-31-13-15-33-54(52)56)46-25-17-27-48(39-46)59-61-57(44-22-8-3-9-23-44)60-58(62-59)47-26-16-24-45(38-47)41-20-6-2-7-21-41/h1-39H. The molecule has 0 amide bonds. The van der Waals surface area contributed by atoms with E-state index in [9.17, 15) is 0 Å². The summed E-state index contributed by atoms with van der Waals surface area (Å²) >= 11 is 0. The fraction of sp³-hybridized carbons (Fsp3) is 0. The minimum atomic E-state index is 0.623. The fourth-order valence-corrected chi connectivity index (χ4v) is 8.79. The van der Waals surface area contributed by atoms with Crippen molar-refractivity contribution in [2.24, 2.45) is 0 Å². The van der Waals surface area contributed by atoms with Crippen molar-refractivity contribution in [2.45, 2.75) is 0 Å². The SMILES string of the molecule is c1ccc(-c2ccc(-c3ccccc3-c3c4ccccc4c(-c4cccc(-c5nc(-c6ccccc6)nc(-c6cccc(-c7ccccc7)c6)n5)c4)c4ccccc34)cc2)cc1. The van der Waals surface area contributed by atoms with E-state index in [1.807, 2.05) is 24.3 Å². The number of fused-ring (bicyclic) bond motifs is 2. The van der Waals surface area contributed by atoms with Gasteiger partial charge in [0.15, 0.2) is 17.5 Å². The van der Waals surface area contributed by atoms with E-state index in [1.165, 1.54) is 60.5 Å². The van der Waals surface area contributed by atoms with Gasteiger partial charge in [-0.3, -0.25) is 0 Å². The number of aromatic nitrogens is 3. The molecule has 62 heavy (non-hydrogen) atoms. The van der Waals surface area contributed by atoms with E-state index in [0.29, 0.717) is 17.5 Å². The molecule has 0 aliphatic carbocycles. The van der Waals surface area contributed by atoms with E-state index in [4.69, 9.17) is 15.0 Å². The zero-order chi connectivity index (χ0) is 41.2. The molecule has 0 bridgehead atoms. The quantitative estimate of drug-likeness (QED) is 0.144. The van der Waals surface area contributed by atoms with Crippen LogP contribution < -0.4 is 0 Å². The summed E-state index contributed by atoms with van der Waals surface area (Å²) in [5.74, 6) is 1.89. The predicted molar refractivity (Wildman–Crippen MR) is 258 cm³/mol. The Hall–Kier alpha value is -8.27. The average Bonchev–Trinajstić information content (AvgIpc) is 3.36. The molecule has 11 rings (SSSR count). The minimum Gasteiger partial charge on any atom is -0.208 e. The summed E-state index contributed by atoms with van der Waals surface area (Å²) in [6.07, 6.45) is 0. The summed E-state index contributed by atoms with van der Waals surface area (Å²) < 4.78 is 0. The van der Waals surface area contributed by atoms with Crippen molar-refractivity contribution in [3.8, 4) is 89.8 Å². The Bertz CT molecular complexity index is 3320. The molecule has 0 N–H and O–H groups in total. The van der Waals surface area contributed by atoms with Crippen molar-refractivity contribution in [2.75, 3.05) is 0 Å². The molecular weight excluding hydrogens is 751 g/mol. The van der Waals surface area contributed by atoms with Crippen LogP contribution in [-0.2, 0) is 0 Å². The van der Waals surface area contributed by atoms with Crippen molar-refractivity contribution in [3.05, 3.63) is 237 Å². The van der Waals surface area contributed by atoms with Crippen molar-refractivity contribution >= 4 is 21.5 Å². The molecule has 0 aliphatic heterocycles. The zero-order valence-corrected chi connectivity index (χ0v) is 33.9. The summed E-state index contributed by atoms with van der Waals surface area (Å²) in [5, 5.41) is 4.78. The second-order valence-corrected chi connectivity index (χ2v) is 15.5. The van der Waals surface area contributed by atoms with Gasteiger partial charge in [0.2, 0.25) is 0 Å². The van der Waals surface area contributed by atoms with Crippen LogP contribution in [0.15, 0.2) is 237 Å². The van der Waals surface area contributed by atoms with Crippen LogP contribution in [0, 0.1) is 0 Å². The molecular formula is C59H39N3. The van der Waals surface area contributed by atoms with E-state index >= 15 is 0 Å². The largest absolute Gasteiger partial charge is 0.208 e. The Kier molecular flexibility index (Phi) is 9.53. The summed E-state index contributed by atoms with van der Waals surface area (Å²) in [5.41, 5.74) is 14.6. The van der Waals surface area contributed by atoms with E-state index < -0.39 is 0 Å². The van der Waals surface area contributed by atoms with Gasteiger partial charge in [-0.15, -0.1) is 0 Å². The van der Waals surface area contributed by atoms with Crippen LogP contribution in [0.5, 0.6) is 0 Å². The van der Waals surface area contributed by atoms with Gasteiger partial charge in [0.25, 0.3) is 0 Å². The molecule has 0 aliphatic rings. The summed E-state index contributed by atoms with van der Waals surface area (Å²) in [6.45, 7) is 0. The Morgan fingerprint density at radius 3 is 1.08 bits per heavy atom. The third-order valence-electron chi connectivity index (χ3n) is 11.7. The summed E-state index contributed by atoms with van der Waals surface area (Å²) in [6, 6.07) is 83.7. The van der Waals surface area contributed by atoms with E-state index in [0.717, 1.165) is 33.4 Å². The molecule has 0 atom stereocenters. The van der Waals surface area contributed by atoms with Crippen LogP contribution >= 0.6 is 0 Å². The molecule has 0 spiro atoms. The highest BCUT2D eigenvalue weighted by molar-refractivity contribution is 6.22. The maximum Gasteiger partial charge on any atom is 0.164 e.